The van der Waals surface area contributed by atoms with Crippen LogP contribution in [-0.4, -0.2) is 38.7 Å². The minimum atomic E-state index is -3.78. The first kappa shape index (κ1) is 15.3. The van der Waals surface area contributed by atoms with Crippen LogP contribution in [0.5, 0.6) is 17.5 Å². The van der Waals surface area contributed by atoms with Gasteiger partial charge in [-0.15, -0.1) is 0 Å². The van der Waals surface area contributed by atoms with Crippen molar-refractivity contribution in [1.29, 1.82) is 0 Å². The van der Waals surface area contributed by atoms with Gasteiger partial charge < -0.3 is 14.2 Å². The zero-order valence-corrected chi connectivity index (χ0v) is 13.2. The van der Waals surface area contributed by atoms with Gasteiger partial charge in [0.15, 0.2) is 11.5 Å². The Hall–Kier alpha value is -2.55. The van der Waals surface area contributed by atoms with Crippen molar-refractivity contribution < 1.29 is 22.6 Å². The third-order valence-electron chi connectivity index (χ3n) is 3.09. The molecule has 8 nitrogen and oxygen atoms in total. The van der Waals surface area contributed by atoms with E-state index < -0.39 is 10.0 Å². The van der Waals surface area contributed by atoms with Crippen molar-refractivity contribution >= 4 is 15.7 Å². The van der Waals surface area contributed by atoms with E-state index in [1.807, 2.05) is 0 Å². The molecular formula is C14H15N3O5S. The number of aromatic nitrogens is 2. The molecule has 0 unspecified atom stereocenters. The van der Waals surface area contributed by atoms with Crippen LogP contribution < -0.4 is 18.9 Å². The zero-order valence-electron chi connectivity index (χ0n) is 12.4. The fourth-order valence-corrected chi connectivity index (χ4v) is 3.04. The Balaban J connectivity index is 1.85. The minimum Gasteiger partial charge on any atom is -0.490 e. The largest absolute Gasteiger partial charge is 0.490 e. The Labute approximate surface area is 133 Å². The molecule has 122 valence electrons. The van der Waals surface area contributed by atoms with Crippen LogP contribution in [0, 0.1) is 0 Å². The van der Waals surface area contributed by atoms with Gasteiger partial charge in [0.05, 0.1) is 43.3 Å². The van der Waals surface area contributed by atoms with Gasteiger partial charge in [-0.05, 0) is 12.1 Å². The van der Waals surface area contributed by atoms with Crippen molar-refractivity contribution in [1.82, 2.24) is 9.97 Å². The molecule has 0 atom stereocenters. The van der Waals surface area contributed by atoms with Crippen LogP contribution in [0.4, 0.5) is 5.69 Å². The van der Waals surface area contributed by atoms with Gasteiger partial charge in [0.2, 0.25) is 0 Å². The molecule has 1 aliphatic heterocycles. The highest BCUT2D eigenvalue weighted by Crippen LogP contribution is 2.32. The number of hydrogen-bond acceptors (Lipinski definition) is 7. The van der Waals surface area contributed by atoms with E-state index in [1.54, 1.807) is 6.07 Å². The zero-order chi connectivity index (χ0) is 16.3. The number of rotatable bonds is 4. The lowest BCUT2D eigenvalue weighted by Crippen LogP contribution is -2.13. The average Bonchev–Trinajstić information content (AvgIpc) is 2.80. The minimum absolute atomic E-state index is 0.0672. The second kappa shape index (κ2) is 6.29. The number of benzene rings is 1. The Morgan fingerprint density at radius 1 is 1.13 bits per heavy atom. The predicted octanol–water partition coefficient (Wildman–Crippen LogP) is 1.45. The Bertz CT molecular complexity index is 793. The van der Waals surface area contributed by atoms with Crippen molar-refractivity contribution in [2.75, 3.05) is 25.0 Å². The van der Waals surface area contributed by atoms with E-state index in [1.165, 1.54) is 31.6 Å². The molecule has 1 N–H and O–H groups in total. The van der Waals surface area contributed by atoms with Gasteiger partial charge in [0.25, 0.3) is 10.0 Å². The molecule has 0 aliphatic carbocycles. The molecule has 1 aliphatic rings. The second-order valence-electron chi connectivity index (χ2n) is 4.72. The predicted molar refractivity (Wildman–Crippen MR) is 81.4 cm³/mol. The summed E-state index contributed by atoms with van der Waals surface area (Å²) in [4.78, 5) is 7.77. The summed E-state index contributed by atoms with van der Waals surface area (Å²) in [5.74, 6) is 0.950. The quantitative estimate of drug-likeness (QED) is 0.901. The van der Waals surface area contributed by atoms with E-state index in [0.717, 1.165) is 6.42 Å². The maximum absolute atomic E-state index is 12.4. The molecule has 0 bridgehead atoms. The van der Waals surface area contributed by atoms with E-state index in [4.69, 9.17) is 14.2 Å². The number of anilines is 1. The van der Waals surface area contributed by atoms with Crippen LogP contribution >= 0.6 is 0 Å². The molecule has 1 aromatic carbocycles. The van der Waals surface area contributed by atoms with Crippen molar-refractivity contribution in [3.8, 4) is 17.5 Å². The van der Waals surface area contributed by atoms with Gasteiger partial charge in [-0.25, -0.2) is 18.4 Å². The molecule has 0 saturated heterocycles. The van der Waals surface area contributed by atoms with Gasteiger partial charge in [-0.3, -0.25) is 4.72 Å². The summed E-state index contributed by atoms with van der Waals surface area (Å²) in [6.45, 7) is 1.02. The maximum Gasteiger partial charge on any atom is 0.316 e. The van der Waals surface area contributed by atoms with Crippen molar-refractivity contribution in [2.24, 2.45) is 0 Å². The lowest BCUT2D eigenvalue weighted by molar-refractivity contribution is 0.297. The van der Waals surface area contributed by atoms with Crippen LogP contribution in [0.25, 0.3) is 0 Å². The summed E-state index contributed by atoms with van der Waals surface area (Å²) < 4.78 is 43.1. The van der Waals surface area contributed by atoms with Crippen LogP contribution in [0.2, 0.25) is 0 Å². The fraction of sp³-hybridized carbons (Fsp3) is 0.286. The highest BCUT2D eigenvalue weighted by Gasteiger charge is 2.19. The van der Waals surface area contributed by atoms with E-state index in [0.29, 0.717) is 24.7 Å². The Morgan fingerprint density at radius 3 is 2.52 bits per heavy atom. The Morgan fingerprint density at radius 2 is 1.83 bits per heavy atom. The van der Waals surface area contributed by atoms with Crippen LogP contribution in [0.1, 0.15) is 6.42 Å². The third kappa shape index (κ3) is 3.45. The third-order valence-corrected chi connectivity index (χ3v) is 4.47. The first-order valence-electron chi connectivity index (χ1n) is 6.87. The number of ether oxygens (including phenoxy) is 3. The van der Waals surface area contributed by atoms with Gasteiger partial charge >= 0.3 is 6.01 Å². The molecule has 0 radical (unpaired) electrons. The maximum atomic E-state index is 12.4. The van der Waals surface area contributed by atoms with E-state index in [9.17, 15) is 8.42 Å². The number of nitrogens with zero attached hydrogens (tertiary/aromatic N) is 2. The summed E-state index contributed by atoms with van der Waals surface area (Å²) in [6, 6.07) is 4.64. The number of fused-ring (bicyclic) bond motifs is 1. The van der Waals surface area contributed by atoms with Gasteiger partial charge in [-0.1, -0.05) is 0 Å². The van der Waals surface area contributed by atoms with Crippen molar-refractivity contribution in [3.63, 3.8) is 0 Å². The molecule has 0 saturated carbocycles. The highest BCUT2D eigenvalue weighted by molar-refractivity contribution is 7.92. The van der Waals surface area contributed by atoms with Gasteiger partial charge in [0.1, 0.15) is 0 Å². The molecule has 23 heavy (non-hydrogen) atoms. The SMILES string of the molecule is COc1ncc(NS(=O)(=O)c2ccc3c(c2)OCCCO3)cn1. The van der Waals surface area contributed by atoms with Gasteiger partial charge in [0, 0.05) is 12.5 Å². The van der Waals surface area contributed by atoms with Crippen LogP contribution in [0.15, 0.2) is 35.5 Å². The summed E-state index contributed by atoms with van der Waals surface area (Å²) in [6.07, 6.45) is 3.40. The molecule has 3 rings (SSSR count). The lowest BCUT2D eigenvalue weighted by Gasteiger charge is -2.11. The summed E-state index contributed by atoms with van der Waals surface area (Å²) in [5, 5.41) is 0. The monoisotopic (exact) mass is 337 g/mol. The highest BCUT2D eigenvalue weighted by atomic mass is 32.2. The molecule has 2 aromatic rings. The number of hydrogen-bond donors (Lipinski definition) is 1. The normalized spacial score (nSPS) is 14.0. The van der Waals surface area contributed by atoms with Gasteiger partial charge in [-0.2, -0.15) is 0 Å². The Kier molecular flexibility index (Phi) is 4.20. The molecule has 9 heteroatoms. The second-order valence-corrected chi connectivity index (χ2v) is 6.41. The van der Waals surface area contributed by atoms with Crippen molar-refractivity contribution in [2.45, 2.75) is 11.3 Å². The van der Waals surface area contributed by atoms with E-state index in [-0.39, 0.29) is 16.6 Å². The van der Waals surface area contributed by atoms with Crippen LogP contribution in [-0.2, 0) is 10.0 Å². The molecule has 1 aromatic heterocycles. The summed E-state index contributed by atoms with van der Waals surface area (Å²) in [7, 11) is -2.36. The molecule has 0 fully saturated rings. The molecule has 0 amide bonds. The first-order chi connectivity index (χ1) is 11.1. The number of methoxy groups -OCH3 is 1. The number of nitrogens with one attached hydrogen (secondary N) is 1. The first-order valence-corrected chi connectivity index (χ1v) is 8.35. The average molecular weight is 337 g/mol. The molecule has 2 heterocycles. The summed E-state index contributed by atoms with van der Waals surface area (Å²) >= 11 is 0. The standard InChI is InChI=1S/C14H15N3O5S/c1-20-14-15-8-10(9-16-14)17-23(18,19)11-3-4-12-13(7-11)22-6-2-5-21-12/h3-4,7-9,17H,2,5-6H2,1H3. The molecule has 0 spiro atoms. The van der Waals surface area contributed by atoms with Crippen molar-refractivity contribution in [3.05, 3.63) is 30.6 Å². The lowest BCUT2D eigenvalue weighted by atomic mass is 10.3. The summed E-state index contributed by atoms with van der Waals surface area (Å²) in [5.41, 5.74) is 0.234. The van der Waals surface area contributed by atoms with E-state index in [2.05, 4.69) is 14.7 Å². The van der Waals surface area contributed by atoms with E-state index >= 15 is 0 Å². The number of sulfonamides is 1. The smallest absolute Gasteiger partial charge is 0.316 e. The topological polar surface area (TPSA) is 99.6 Å². The van der Waals surface area contributed by atoms with Crippen LogP contribution in [0.3, 0.4) is 0 Å². The molecular weight excluding hydrogens is 322 g/mol. The fourth-order valence-electron chi connectivity index (χ4n) is 2.00.